The topological polar surface area (TPSA) is 84.6 Å². The molecule has 0 saturated carbocycles. The first kappa shape index (κ1) is 19.3. The standard InChI is InChI=1S/C22H20N2O4S/c1-13(25)18-11-23-21(29-18)19-16-8-3-4-9-17(16)24(20(19)22(26)27)12-14-6-5-7-15(10-14)28-2/h3-11,22,26-27H,12H2,1-2H3. The fourth-order valence-corrected chi connectivity index (χ4v) is 4.37. The molecule has 0 spiro atoms. The van der Waals surface area contributed by atoms with E-state index >= 15 is 0 Å². The lowest BCUT2D eigenvalue weighted by molar-refractivity contribution is -0.0473. The van der Waals surface area contributed by atoms with Crippen LogP contribution in [0.4, 0.5) is 0 Å². The molecule has 0 radical (unpaired) electrons. The number of ketones is 1. The summed E-state index contributed by atoms with van der Waals surface area (Å²) in [6.07, 6.45) is -0.169. The summed E-state index contributed by atoms with van der Waals surface area (Å²) in [6, 6.07) is 15.3. The van der Waals surface area contributed by atoms with Gasteiger partial charge in [-0.1, -0.05) is 30.3 Å². The number of carbonyl (C=O) groups is 1. The molecule has 2 N–H and O–H groups in total. The van der Waals surface area contributed by atoms with Crippen molar-refractivity contribution in [3.8, 4) is 16.3 Å². The lowest BCUT2D eigenvalue weighted by Crippen LogP contribution is -2.09. The number of rotatable bonds is 6. The maximum absolute atomic E-state index is 11.7. The molecule has 2 heterocycles. The van der Waals surface area contributed by atoms with Gasteiger partial charge in [0.05, 0.1) is 17.7 Å². The van der Waals surface area contributed by atoms with Crippen LogP contribution in [0.2, 0.25) is 0 Å². The Balaban J connectivity index is 1.94. The number of aliphatic hydroxyl groups is 2. The highest BCUT2D eigenvalue weighted by molar-refractivity contribution is 7.17. The lowest BCUT2D eigenvalue weighted by atomic mass is 10.1. The smallest absolute Gasteiger partial charge is 0.194 e. The number of thiazole rings is 1. The number of Topliss-reactive ketones (excluding diaryl/α,β-unsaturated/α-hetero) is 1. The Morgan fingerprint density at radius 3 is 2.69 bits per heavy atom. The fourth-order valence-electron chi connectivity index (χ4n) is 3.49. The lowest BCUT2D eigenvalue weighted by Gasteiger charge is -2.14. The van der Waals surface area contributed by atoms with Crippen LogP contribution < -0.4 is 4.74 Å². The Labute approximate surface area is 171 Å². The molecule has 2 aromatic heterocycles. The highest BCUT2D eigenvalue weighted by Gasteiger charge is 2.25. The van der Waals surface area contributed by atoms with Crippen LogP contribution in [-0.4, -0.2) is 32.7 Å². The third kappa shape index (κ3) is 3.55. The summed E-state index contributed by atoms with van der Waals surface area (Å²) >= 11 is 1.25. The Hall–Kier alpha value is -3.00. The van der Waals surface area contributed by atoms with Gasteiger partial charge in [0, 0.05) is 36.1 Å². The molecular formula is C22H20N2O4S. The van der Waals surface area contributed by atoms with Gasteiger partial charge in [-0.2, -0.15) is 0 Å². The molecule has 6 nitrogen and oxygen atoms in total. The van der Waals surface area contributed by atoms with Gasteiger partial charge in [0.2, 0.25) is 0 Å². The van der Waals surface area contributed by atoms with Crippen LogP contribution >= 0.6 is 11.3 Å². The molecule has 0 saturated heterocycles. The minimum absolute atomic E-state index is 0.0695. The van der Waals surface area contributed by atoms with Gasteiger partial charge in [0.25, 0.3) is 0 Å². The number of aliphatic hydroxyl groups excluding tert-OH is 1. The van der Waals surface area contributed by atoms with E-state index in [0.29, 0.717) is 27.7 Å². The number of carbonyl (C=O) groups excluding carboxylic acids is 1. The number of fused-ring (bicyclic) bond motifs is 1. The van der Waals surface area contributed by atoms with E-state index in [1.54, 1.807) is 7.11 Å². The van der Waals surface area contributed by atoms with Crippen LogP contribution in [0.3, 0.4) is 0 Å². The Kier molecular flexibility index (Phi) is 5.19. The molecule has 7 heteroatoms. The molecule has 0 fully saturated rings. The normalized spacial score (nSPS) is 11.3. The second-order valence-electron chi connectivity index (χ2n) is 6.67. The average molecular weight is 408 g/mol. The van der Waals surface area contributed by atoms with Crippen molar-refractivity contribution in [2.45, 2.75) is 19.8 Å². The molecule has 4 aromatic rings. The van der Waals surface area contributed by atoms with Crippen LogP contribution in [0.5, 0.6) is 5.75 Å². The van der Waals surface area contributed by atoms with Crippen molar-refractivity contribution >= 4 is 28.0 Å². The van der Waals surface area contributed by atoms with Crippen LogP contribution in [0.1, 0.15) is 34.1 Å². The van der Waals surface area contributed by atoms with Crippen LogP contribution in [-0.2, 0) is 6.54 Å². The minimum atomic E-state index is -1.70. The molecular weight excluding hydrogens is 388 g/mol. The molecule has 148 valence electrons. The first-order chi connectivity index (χ1) is 14.0. The summed E-state index contributed by atoms with van der Waals surface area (Å²) in [7, 11) is 1.61. The molecule has 4 rings (SSSR count). The molecule has 2 aromatic carbocycles. The van der Waals surface area contributed by atoms with Gasteiger partial charge in [-0.05, 0) is 23.8 Å². The largest absolute Gasteiger partial charge is 0.497 e. The second-order valence-corrected chi connectivity index (χ2v) is 7.71. The maximum Gasteiger partial charge on any atom is 0.194 e. The molecule has 0 unspecified atom stereocenters. The summed E-state index contributed by atoms with van der Waals surface area (Å²) < 4.78 is 7.18. The molecule has 0 aliphatic rings. The molecule has 29 heavy (non-hydrogen) atoms. The zero-order valence-corrected chi connectivity index (χ0v) is 16.8. The number of hydrogen-bond donors (Lipinski definition) is 2. The van der Waals surface area contributed by atoms with Crippen LogP contribution in [0.25, 0.3) is 21.5 Å². The van der Waals surface area contributed by atoms with Gasteiger partial charge in [-0.15, -0.1) is 11.3 Å². The van der Waals surface area contributed by atoms with Crippen molar-refractivity contribution in [3.63, 3.8) is 0 Å². The van der Waals surface area contributed by atoms with Crippen molar-refractivity contribution in [3.05, 3.63) is 70.9 Å². The Morgan fingerprint density at radius 1 is 1.21 bits per heavy atom. The number of benzene rings is 2. The van der Waals surface area contributed by atoms with Gasteiger partial charge >= 0.3 is 0 Å². The predicted octanol–water partition coefficient (Wildman–Crippen LogP) is 4.01. The summed E-state index contributed by atoms with van der Waals surface area (Å²) in [4.78, 5) is 16.7. The minimum Gasteiger partial charge on any atom is -0.497 e. The number of hydrogen-bond acceptors (Lipinski definition) is 6. The molecule has 0 bridgehead atoms. The van der Waals surface area contributed by atoms with E-state index in [9.17, 15) is 15.0 Å². The third-order valence-corrected chi connectivity index (χ3v) is 5.91. The van der Waals surface area contributed by atoms with Crippen molar-refractivity contribution in [2.24, 2.45) is 0 Å². The van der Waals surface area contributed by atoms with E-state index in [2.05, 4.69) is 4.98 Å². The van der Waals surface area contributed by atoms with Gasteiger partial charge in [-0.25, -0.2) is 4.98 Å². The quantitative estimate of drug-likeness (QED) is 0.372. The Morgan fingerprint density at radius 2 is 2.00 bits per heavy atom. The van der Waals surface area contributed by atoms with E-state index in [0.717, 1.165) is 22.2 Å². The number of nitrogens with zero attached hydrogens (tertiary/aromatic N) is 2. The molecule has 0 atom stereocenters. The first-order valence-electron chi connectivity index (χ1n) is 9.07. The van der Waals surface area contributed by atoms with E-state index in [4.69, 9.17) is 4.74 Å². The Bertz CT molecular complexity index is 1190. The molecule has 0 aliphatic carbocycles. The molecule has 0 aliphatic heterocycles. The summed E-state index contributed by atoms with van der Waals surface area (Å²) in [5.41, 5.74) is 2.80. The first-order valence-corrected chi connectivity index (χ1v) is 9.88. The van der Waals surface area contributed by atoms with E-state index in [1.807, 2.05) is 53.1 Å². The van der Waals surface area contributed by atoms with Crippen molar-refractivity contribution in [2.75, 3.05) is 7.11 Å². The zero-order valence-electron chi connectivity index (χ0n) is 16.0. The van der Waals surface area contributed by atoms with Gasteiger partial charge in [-0.3, -0.25) is 4.79 Å². The maximum atomic E-state index is 11.7. The van der Waals surface area contributed by atoms with Gasteiger partial charge in [0.1, 0.15) is 10.8 Å². The third-order valence-electron chi connectivity index (χ3n) is 4.80. The second kappa shape index (κ2) is 7.79. The van der Waals surface area contributed by atoms with Gasteiger partial charge < -0.3 is 19.5 Å². The number of ether oxygens (including phenoxy) is 1. The van der Waals surface area contributed by atoms with Crippen molar-refractivity contribution in [1.82, 2.24) is 9.55 Å². The van der Waals surface area contributed by atoms with E-state index in [-0.39, 0.29) is 5.78 Å². The van der Waals surface area contributed by atoms with E-state index < -0.39 is 6.29 Å². The summed E-state index contributed by atoms with van der Waals surface area (Å²) in [6.45, 7) is 1.92. The van der Waals surface area contributed by atoms with E-state index in [1.165, 1.54) is 24.5 Å². The predicted molar refractivity (Wildman–Crippen MR) is 112 cm³/mol. The van der Waals surface area contributed by atoms with Crippen LogP contribution in [0, 0.1) is 0 Å². The fraction of sp³-hybridized carbons (Fsp3) is 0.182. The monoisotopic (exact) mass is 408 g/mol. The number of aromatic nitrogens is 2. The average Bonchev–Trinajstić information content (AvgIpc) is 3.31. The van der Waals surface area contributed by atoms with Crippen molar-refractivity contribution < 1.29 is 19.7 Å². The molecule has 0 amide bonds. The number of methoxy groups -OCH3 is 1. The van der Waals surface area contributed by atoms with Crippen molar-refractivity contribution in [1.29, 1.82) is 0 Å². The highest BCUT2D eigenvalue weighted by atomic mass is 32.1. The SMILES string of the molecule is COc1cccc(Cn2c(C(O)O)c(-c3ncc(C(C)=O)s3)c3ccccc32)c1. The number of para-hydroxylation sites is 1. The van der Waals surface area contributed by atoms with Crippen LogP contribution in [0.15, 0.2) is 54.7 Å². The highest BCUT2D eigenvalue weighted by Crippen LogP contribution is 2.40. The summed E-state index contributed by atoms with van der Waals surface area (Å²) in [5, 5.41) is 22.0. The van der Waals surface area contributed by atoms with Gasteiger partial charge in [0.15, 0.2) is 12.1 Å². The summed E-state index contributed by atoms with van der Waals surface area (Å²) in [5.74, 6) is 0.663. The zero-order chi connectivity index (χ0) is 20.5.